The van der Waals surface area contributed by atoms with E-state index in [1.165, 1.54) is 17.5 Å². The predicted octanol–water partition coefficient (Wildman–Crippen LogP) is 6.51. The number of thiazole rings is 1. The number of aliphatic carboxylic acids is 1. The van der Waals surface area contributed by atoms with Crippen LogP contribution in [-0.2, 0) is 9.53 Å². The summed E-state index contributed by atoms with van der Waals surface area (Å²) in [6.45, 7) is 2.49. The van der Waals surface area contributed by atoms with Gasteiger partial charge in [-0.15, -0.1) is 11.3 Å². The van der Waals surface area contributed by atoms with Crippen molar-refractivity contribution in [2.75, 3.05) is 19.0 Å². The van der Waals surface area contributed by atoms with Crippen LogP contribution in [0.2, 0.25) is 0 Å². The molecule has 2 N–H and O–H groups in total. The standard InChI is InChI=1S/C26H25F3N2O5S/c1-3-4-5-6-10-36-21-9-7-8-16(23(21)29)20-14-37-26(30-20)31-24(32)15-11-18(27)17(19(28)12-15)13-22(35-2)25(33)34/h7-9,11-14H,3-6,10H2,1-2H3,(H,33,34)(H,30,31,32). The van der Waals surface area contributed by atoms with Crippen LogP contribution in [0.1, 0.15) is 48.5 Å². The van der Waals surface area contributed by atoms with Crippen LogP contribution in [0.25, 0.3) is 17.3 Å². The Hall–Kier alpha value is -3.86. The number of carbonyl (C=O) groups is 2. The van der Waals surface area contributed by atoms with Crippen molar-refractivity contribution < 1.29 is 37.3 Å². The zero-order valence-corrected chi connectivity index (χ0v) is 21.0. The van der Waals surface area contributed by atoms with Gasteiger partial charge in [-0.05, 0) is 30.7 Å². The van der Waals surface area contributed by atoms with E-state index in [9.17, 15) is 22.8 Å². The second-order valence-corrected chi connectivity index (χ2v) is 8.75. The summed E-state index contributed by atoms with van der Waals surface area (Å²) in [5.41, 5.74) is -0.589. The predicted molar refractivity (Wildman–Crippen MR) is 134 cm³/mol. The number of rotatable bonds is 12. The minimum atomic E-state index is -1.51. The van der Waals surface area contributed by atoms with Crippen LogP contribution < -0.4 is 10.1 Å². The average molecular weight is 535 g/mol. The lowest BCUT2D eigenvalue weighted by molar-refractivity contribution is -0.135. The van der Waals surface area contributed by atoms with Crippen LogP contribution >= 0.6 is 11.3 Å². The van der Waals surface area contributed by atoms with Gasteiger partial charge >= 0.3 is 5.97 Å². The summed E-state index contributed by atoms with van der Waals surface area (Å²) >= 11 is 1.01. The van der Waals surface area contributed by atoms with Crippen molar-refractivity contribution in [1.82, 2.24) is 4.98 Å². The maximum absolute atomic E-state index is 15.0. The Morgan fingerprint density at radius 1 is 1.14 bits per heavy atom. The van der Waals surface area contributed by atoms with E-state index < -0.39 is 40.7 Å². The Morgan fingerprint density at radius 2 is 1.86 bits per heavy atom. The number of carbonyl (C=O) groups excluding carboxylic acids is 1. The molecule has 0 spiro atoms. The molecule has 0 saturated heterocycles. The summed E-state index contributed by atoms with van der Waals surface area (Å²) in [5, 5.41) is 13.0. The average Bonchev–Trinajstić information content (AvgIpc) is 3.32. The quantitative estimate of drug-likeness (QED) is 0.156. The number of aromatic nitrogens is 1. The molecule has 1 heterocycles. The zero-order chi connectivity index (χ0) is 26.9. The molecule has 0 radical (unpaired) electrons. The molecule has 3 aromatic rings. The van der Waals surface area contributed by atoms with E-state index in [0.29, 0.717) is 12.7 Å². The van der Waals surface area contributed by atoms with Crippen LogP contribution in [0.3, 0.4) is 0 Å². The SMILES string of the molecule is CCCCCCOc1cccc(-c2csc(NC(=O)c3cc(F)c(C=C(OC)C(=O)O)c(F)c3)n2)c1F. The van der Waals surface area contributed by atoms with E-state index in [-0.39, 0.29) is 27.7 Å². The third-order valence-corrected chi connectivity index (χ3v) is 6.02. The molecule has 7 nitrogen and oxygen atoms in total. The molecule has 3 rings (SSSR count). The van der Waals surface area contributed by atoms with Crippen LogP contribution in [0.15, 0.2) is 41.5 Å². The van der Waals surface area contributed by atoms with E-state index in [2.05, 4.69) is 22.0 Å². The Balaban J connectivity index is 1.74. The van der Waals surface area contributed by atoms with E-state index in [1.54, 1.807) is 6.07 Å². The molecular formula is C26H25F3N2O5S. The number of methoxy groups -OCH3 is 1. The lowest BCUT2D eigenvalue weighted by Crippen LogP contribution is -2.13. The first-order valence-corrected chi connectivity index (χ1v) is 12.3. The first kappa shape index (κ1) is 27.7. The fraction of sp³-hybridized carbons (Fsp3) is 0.269. The first-order chi connectivity index (χ1) is 17.7. The summed E-state index contributed by atoms with van der Waals surface area (Å²) in [5.74, 6) is -5.84. The van der Waals surface area contributed by atoms with E-state index >= 15 is 0 Å². The van der Waals surface area contributed by atoms with Gasteiger partial charge in [-0.1, -0.05) is 32.3 Å². The summed E-state index contributed by atoms with van der Waals surface area (Å²) in [6.07, 6.45) is 4.66. The second-order valence-electron chi connectivity index (χ2n) is 7.89. The molecule has 1 amide bonds. The normalized spacial score (nSPS) is 11.3. The van der Waals surface area contributed by atoms with E-state index in [4.69, 9.17) is 9.84 Å². The molecule has 0 aliphatic carbocycles. The minimum absolute atomic E-state index is 0.0858. The highest BCUT2D eigenvalue weighted by molar-refractivity contribution is 7.14. The number of carboxylic acids is 1. The Labute approximate surface area is 215 Å². The molecule has 11 heteroatoms. The van der Waals surface area contributed by atoms with Gasteiger partial charge < -0.3 is 14.6 Å². The molecule has 0 aliphatic rings. The molecule has 0 saturated carbocycles. The molecular weight excluding hydrogens is 509 g/mol. The van der Waals surface area contributed by atoms with Crippen molar-refractivity contribution in [1.29, 1.82) is 0 Å². The van der Waals surface area contributed by atoms with Crippen molar-refractivity contribution in [2.45, 2.75) is 32.6 Å². The van der Waals surface area contributed by atoms with Crippen LogP contribution in [0, 0.1) is 17.5 Å². The lowest BCUT2D eigenvalue weighted by atomic mass is 10.1. The van der Waals surface area contributed by atoms with Gasteiger partial charge in [0.15, 0.2) is 16.7 Å². The largest absolute Gasteiger partial charge is 0.490 e. The van der Waals surface area contributed by atoms with E-state index in [1.807, 2.05) is 0 Å². The van der Waals surface area contributed by atoms with Crippen LogP contribution in [-0.4, -0.2) is 35.7 Å². The topological polar surface area (TPSA) is 97.8 Å². The highest BCUT2D eigenvalue weighted by atomic mass is 32.1. The first-order valence-electron chi connectivity index (χ1n) is 11.4. The molecule has 196 valence electrons. The number of unbranched alkanes of at least 4 members (excludes halogenated alkanes) is 3. The molecule has 1 aromatic heterocycles. The number of hydrogen-bond donors (Lipinski definition) is 2. The van der Waals surface area contributed by atoms with E-state index in [0.717, 1.165) is 56.3 Å². The fourth-order valence-corrected chi connectivity index (χ4v) is 4.05. The molecule has 0 aliphatic heterocycles. The van der Waals surface area contributed by atoms with Gasteiger partial charge in [-0.2, -0.15) is 0 Å². The highest BCUT2D eigenvalue weighted by Gasteiger charge is 2.19. The van der Waals surface area contributed by atoms with Crippen LogP contribution in [0.5, 0.6) is 5.75 Å². The van der Waals surface area contributed by atoms with Crippen LogP contribution in [0.4, 0.5) is 18.3 Å². The minimum Gasteiger partial charge on any atom is -0.490 e. The molecule has 0 fully saturated rings. The maximum atomic E-state index is 15.0. The van der Waals surface area contributed by atoms with Crippen molar-refractivity contribution >= 4 is 34.4 Å². The van der Waals surface area contributed by atoms with Gasteiger partial charge in [0, 0.05) is 28.1 Å². The number of ether oxygens (including phenoxy) is 2. The number of amides is 1. The summed E-state index contributed by atoms with van der Waals surface area (Å²) < 4.78 is 54.0. The Morgan fingerprint density at radius 3 is 2.51 bits per heavy atom. The number of hydrogen-bond acceptors (Lipinski definition) is 6. The van der Waals surface area contributed by atoms with Gasteiger partial charge in [0.05, 0.1) is 19.4 Å². The number of nitrogens with one attached hydrogen (secondary N) is 1. The molecule has 2 aromatic carbocycles. The van der Waals surface area contributed by atoms with Crippen molar-refractivity contribution in [2.24, 2.45) is 0 Å². The number of halogens is 3. The summed E-state index contributed by atoms with van der Waals surface area (Å²) in [6, 6.07) is 6.21. The van der Waals surface area contributed by atoms with Crippen molar-refractivity contribution in [3.8, 4) is 17.0 Å². The van der Waals surface area contributed by atoms with Gasteiger partial charge in [0.25, 0.3) is 5.91 Å². The van der Waals surface area contributed by atoms with Gasteiger partial charge in [0.1, 0.15) is 11.6 Å². The van der Waals surface area contributed by atoms with Crippen molar-refractivity contribution in [3.63, 3.8) is 0 Å². The van der Waals surface area contributed by atoms with Gasteiger partial charge in [-0.3, -0.25) is 10.1 Å². The monoisotopic (exact) mass is 534 g/mol. The third kappa shape index (κ3) is 7.10. The summed E-state index contributed by atoms with van der Waals surface area (Å²) in [7, 11) is 1.05. The summed E-state index contributed by atoms with van der Waals surface area (Å²) in [4.78, 5) is 27.8. The van der Waals surface area contributed by atoms with Gasteiger partial charge in [0.2, 0.25) is 5.76 Å². The molecule has 0 bridgehead atoms. The lowest BCUT2D eigenvalue weighted by Gasteiger charge is -2.09. The maximum Gasteiger partial charge on any atom is 0.371 e. The second kappa shape index (κ2) is 12.9. The molecule has 0 unspecified atom stereocenters. The molecule has 0 atom stereocenters. The number of benzene rings is 2. The fourth-order valence-electron chi connectivity index (χ4n) is 3.35. The zero-order valence-electron chi connectivity index (χ0n) is 20.1. The smallest absolute Gasteiger partial charge is 0.371 e. The third-order valence-electron chi connectivity index (χ3n) is 5.27. The number of carboxylic acid groups (broad SMARTS) is 1. The van der Waals surface area contributed by atoms with Crippen molar-refractivity contribution in [3.05, 3.63) is 70.0 Å². The molecule has 37 heavy (non-hydrogen) atoms. The highest BCUT2D eigenvalue weighted by Crippen LogP contribution is 2.32. The van der Waals surface area contributed by atoms with Gasteiger partial charge in [-0.25, -0.2) is 22.9 Å². The number of anilines is 1. The Kier molecular flexibility index (Phi) is 9.67. The number of nitrogens with zero attached hydrogens (tertiary/aromatic N) is 1. The Bertz CT molecular complexity index is 1290.